The second-order valence-corrected chi connectivity index (χ2v) is 6.58. The van der Waals surface area contributed by atoms with E-state index in [4.69, 9.17) is 0 Å². The first-order chi connectivity index (χ1) is 7.61. The summed E-state index contributed by atoms with van der Waals surface area (Å²) in [6, 6.07) is 0. The quantitative estimate of drug-likeness (QED) is 0.902. The molecular weight excluding hydrogens is 238 g/mol. The van der Waals surface area contributed by atoms with Crippen LogP contribution in [0.25, 0.3) is 0 Å². The van der Waals surface area contributed by atoms with Crippen molar-refractivity contribution in [3.05, 3.63) is 16.1 Å². The average Bonchev–Trinajstić information content (AvgIpc) is 2.83. The van der Waals surface area contributed by atoms with Crippen LogP contribution in [0.1, 0.15) is 30.2 Å². The van der Waals surface area contributed by atoms with Crippen molar-refractivity contribution in [3.63, 3.8) is 0 Å². The molecule has 0 aromatic carbocycles. The van der Waals surface area contributed by atoms with Crippen molar-refractivity contribution in [2.45, 2.75) is 39.3 Å². The van der Waals surface area contributed by atoms with Gasteiger partial charge in [0.25, 0.3) is 0 Å². The van der Waals surface area contributed by atoms with Crippen LogP contribution in [0.15, 0.2) is 11.2 Å². The van der Waals surface area contributed by atoms with Gasteiger partial charge in [0.15, 0.2) is 5.17 Å². The number of thioether (sulfide) groups is 1. The number of nitrogens with one attached hydrogen (secondary N) is 1. The SMILES string of the molecule is CCC1(C)CSC(=NCc2cnc(C)s2)N1. The topological polar surface area (TPSA) is 37.3 Å². The van der Waals surface area contributed by atoms with E-state index in [1.54, 1.807) is 11.3 Å². The van der Waals surface area contributed by atoms with Gasteiger partial charge < -0.3 is 5.32 Å². The number of nitrogens with zero attached hydrogens (tertiary/aromatic N) is 2. The van der Waals surface area contributed by atoms with E-state index in [0.29, 0.717) is 0 Å². The molecule has 1 N–H and O–H groups in total. The number of hydrogen-bond donors (Lipinski definition) is 1. The highest BCUT2D eigenvalue weighted by molar-refractivity contribution is 8.14. The molecule has 0 aliphatic carbocycles. The van der Waals surface area contributed by atoms with Gasteiger partial charge >= 0.3 is 0 Å². The van der Waals surface area contributed by atoms with E-state index >= 15 is 0 Å². The second-order valence-electron chi connectivity index (χ2n) is 4.29. The highest BCUT2D eigenvalue weighted by Crippen LogP contribution is 2.26. The summed E-state index contributed by atoms with van der Waals surface area (Å²) in [4.78, 5) is 10.1. The third kappa shape index (κ3) is 2.77. The first kappa shape index (κ1) is 11.9. The summed E-state index contributed by atoms with van der Waals surface area (Å²) in [6.45, 7) is 7.24. The summed E-state index contributed by atoms with van der Waals surface area (Å²) < 4.78 is 0. The standard InChI is InChI=1S/C11H17N3S2/c1-4-11(3)7-15-10(14-11)13-6-9-5-12-8(2)16-9/h5H,4,6-7H2,1-3H3,(H,13,14). The summed E-state index contributed by atoms with van der Waals surface area (Å²) in [7, 11) is 0. The molecule has 1 aliphatic rings. The zero-order valence-corrected chi connectivity index (χ0v) is 11.5. The number of rotatable bonds is 3. The van der Waals surface area contributed by atoms with E-state index in [-0.39, 0.29) is 5.54 Å². The Bertz CT molecular complexity index is 400. The second kappa shape index (κ2) is 4.75. The third-order valence-corrected chi connectivity index (χ3v) is 4.95. The van der Waals surface area contributed by atoms with Gasteiger partial charge in [0.05, 0.1) is 11.6 Å². The van der Waals surface area contributed by atoms with Gasteiger partial charge in [0, 0.05) is 22.4 Å². The van der Waals surface area contributed by atoms with Gasteiger partial charge in [-0.15, -0.1) is 11.3 Å². The molecule has 88 valence electrons. The molecule has 1 fully saturated rings. The number of aromatic nitrogens is 1. The molecule has 1 saturated heterocycles. The Labute approximate surface area is 105 Å². The van der Waals surface area contributed by atoms with Crippen molar-refractivity contribution in [3.8, 4) is 0 Å². The number of thiazole rings is 1. The van der Waals surface area contributed by atoms with Gasteiger partial charge in [-0.05, 0) is 20.3 Å². The minimum Gasteiger partial charge on any atom is -0.359 e. The molecule has 1 unspecified atom stereocenters. The Morgan fingerprint density at radius 3 is 3.00 bits per heavy atom. The van der Waals surface area contributed by atoms with Crippen molar-refractivity contribution in [2.24, 2.45) is 4.99 Å². The molecule has 2 rings (SSSR count). The minimum absolute atomic E-state index is 0.229. The van der Waals surface area contributed by atoms with Crippen LogP contribution < -0.4 is 5.32 Å². The molecule has 0 saturated carbocycles. The maximum absolute atomic E-state index is 4.59. The predicted octanol–water partition coefficient (Wildman–Crippen LogP) is 2.81. The Kier molecular flexibility index (Phi) is 3.54. The fourth-order valence-electron chi connectivity index (χ4n) is 1.46. The molecule has 5 heteroatoms. The Morgan fingerprint density at radius 1 is 1.62 bits per heavy atom. The molecule has 1 aromatic rings. The molecule has 3 nitrogen and oxygen atoms in total. The highest BCUT2D eigenvalue weighted by atomic mass is 32.2. The van der Waals surface area contributed by atoms with Gasteiger partial charge in [-0.3, -0.25) is 4.99 Å². The highest BCUT2D eigenvalue weighted by Gasteiger charge is 2.30. The van der Waals surface area contributed by atoms with Crippen LogP contribution in [-0.2, 0) is 6.54 Å². The Hall–Kier alpha value is -0.550. The summed E-state index contributed by atoms with van der Waals surface area (Å²) in [5.74, 6) is 1.12. The van der Waals surface area contributed by atoms with E-state index in [9.17, 15) is 0 Å². The lowest BCUT2D eigenvalue weighted by atomic mass is 10.0. The van der Waals surface area contributed by atoms with Crippen molar-refractivity contribution in [2.75, 3.05) is 5.75 Å². The van der Waals surface area contributed by atoms with Crippen molar-refractivity contribution >= 4 is 28.3 Å². The maximum atomic E-state index is 4.59. The van der Waals surface area contributed by atoms with Crippen LogP contribution in [-0.4, -0.2) is 21.4 Å². The van der Waals surface area contributed by atoms with Crippen LogP contribution in [0.4, 0.5) is 0 Å². The minimum atomic E-state index is 0.229. The first-order valence-electron chi connectivity index (χ1n) is 5.48. The van der Waals surface area contributed by atoms with Crippen molar-refractivity contribution < 1.29 is 0 Å². The van der Waals surface area contributed by atoms with E-state index in [1.807, 2.05) is 24.9 Å². The largest absolute Gasteiger partial charge is 0.359 e. The Balaban J connectivity index is 1.95. The van der Waals surface area contributed by atoms with Gasteiger partial charge in [-0.1, -0.05) is 18.7 Å². The van der Waals surface area contributed by atoms with Crippen LogP contribution in [0.3, 0.4) is 0 Å². The van der Waals surface area contributed by atoms with Gasteiger partial charge in [0.2, 0.25) is 0 Å². The monoisotopic (exact) mass is 255 g/mol. The normalized spacial score (nSPS) is 27.3. The summed E-state index contributed by atoms with van der Waals surface area (Å²) in [6.07, 6.45) is 3.06. The number of aliphatic imine (C=N–C) groups is 1. The van der Waals surface area contributed by atoms with Crippen LogP contribution in [0.2, 0.25) is 0 Å². The molecule has 1 aliphatic heterocycles. The lowest BCUT2D eigenvalue weighted by molar-refractivity contribution is 0.466. The van der Waals surface area contributed by atoms with Crippen LogP contribution >= 0.6 is 23.1 Å². The molecular formula is C11H17N3S2. The van der Waals surface area contributed by atoms with E-state index < -0.39 is 0 Å². The van der Waals surface area contributed by atoms with E-state index in [0.717, 1.165) is 28.9 Å². The third-order valence-electron chi connectivity index (χ3n) is 2.76. The Morgan fingerprint density at radius 2 is 2.44 bits per heavy atom. The molecule has 0 spiro atoms. The first-order valence-corrected chi connectivity index (χ1v) is 7.28. The van der Waals surface area contributed by atoms with Crippen molar-refractivity contribution in [1.82, 2.24) is 10.3 Å². The van der Waals surface area contributed by atoms with Crippen molar-refractivity contribution in [1.29, 1.82) is 0 Å². The number of hydrogen-bond acceptors (Lipinski definition) is 4. The molecule has 16 heavy (non-hydrogen) atoms. The lowest BCUT2D eigenvalue weighted by Crippen LogP contribution is -2.39. The van der Waals surface area contributed by atoms with E-state index in [2.05, 4.69) is 29.1 Å². The molecule has 1 atom stereocenters. The summed E-state index contributed by atoms with van der Waals surface area (Å²) in [5.41, 5.74) is 0.229. The van der Waals surface area contributed by atoms with Gasteiger partial charge in [-0.2, -0.15) is 0 Å². The number of aryl methyl sites for hydroxylation is 1. The van der Waals surface area contributed by atoms with E-state index in [1.165, 1.54) is 4.88 Å². The number of amidine groups is 1. The zero-order chi connectivity index (χ0) is 11.6. The summed E-state index contributed by atoms with van der Waals surface area (Å²) in [5, 5.41) is 5.68. The molecule has 2 heterocycles. The fourth-order valence-corrected chi connectivity index (χ4v) is 3.39. The summed E-state index contributed by atoms with van der Waals surface area (Å²) >= 11 is 3.54. The average molecular weight is 255 g/mol. The van der Waals surface area contributed by atoms with Gasteiger partial charge in [0.1, 0.15) is 0 Å². The fraction of sp³-hybridized carbons (Fsp3) is 0.636. The maximum Gasteiger partial charge on any atom is 0.157 e. The van der Waals surface area contributed by atoms with Gasteiger partial charge in [-0.25, -0.2) is 4.98 Å². The van der Waals surface area contributed by atoms with Crippen LogP contribution in [0, 0.1) is 6.92 Å². The zero-order valence-electron chi connectivity index (χ0n) is 9.91. The molecule has 0 amide bonds. The van der Waals surface area contributed by atoms with Crippen LogP contribution in [0.5, 0.6) is 0 Å². The molecule has 0 bridgehead atoms. The molecule has 0 radical (unpaired) electrons. The lowest BCUT2D eigenvalue weighted by Gasteiger charge is -2.20. The predicted molar refractivity (Wildman–Crippen MR) is 72.3 cm³/mol. The smallest absolute Gasteiger partial charge is 0.157 e. The molecule has 1 aromatic heterocycles.